The van der Waals surface area contributed by atoms with Gasteiger partial charge in [0.05, 0.1) is 35.5 Å². The van der Waals surface area contributed by atoms with Gasteiger partial charge in [-0.05, 0) is 24.0 Å². The van der Waals surface area contributed by atoms with Gasteiger partial charge < -0.3 is 14.3 Å². The lowest BCUT2D eigenvalue weighted by Crippen LogP contribution is -2.31. The van der Waals surface area contributed by atoms with Gasteiger partial charge in [0.2, 0.25) is 0 Å². The van der Waals surface area contributed by atoms with Crippen LogP contribution in [0.15, 0.2) is 12.1 Å². The number of carbonyl (C=O) groups is 5. The second-order valence-corrected chi connectivity index (χ2v) is 7.42. The first-order chi connectivity index (χ1) is 13.5. The summed E-state index contributed by atoms with van der Waals surface area (Å²) in [4.78, 5) is 65.8. The zero-order chi connectivity index (χ0) is 21.9. The summed E-state index contributed by atoms with van der Waals surface area (Å²) in [6.45, 7) is 8.60. The van der Waals surface area contributed by atoms with E-state index in [0.717, 1.165) is 19.1 Å². The summed E-state index contributed by atoms with van der Waals surface area (Å²) in [7, 11) is 0. The van der Waals surface area contributed by atoms with Crippen LogP contribution in [0, 0.1) is 11.8 Å². The molecule has 0 aliphatic carbocycles. The van der Waals surface area contributed by atoms with Crippen molar-refractivity contribution in [1.29, 1.82) is 0 Å². The fourth-order valence-electron chi connectivity index (χ4n) is 2.45. The minimum absolute atomic E-state index is 0.0485. The van der Waals surface area contributed by atoms with Gasteiger partial charge in [-0.1, -0.05) is 32.8 Å². The highest BCUT2D eigenvalue weighted by atomic mass is 16.7. The van der Waals surface area contributed by atoms with Crippen molar-refractivity contribution < 1.29 is 38.3 Å². The molecule has 9 nitrogen and oxygen atoms in total. The van der Waals surface area contributed by atoms with E-state index in [-0.39, 0.29) is 47.3 Å². The summed E-state index contributed by atoms with van der Waals surface area (Å²) in [5.74, 6) is -4.26. The van der Waals surface area contributed by atoms with Gasteiger partial charge in [-0.25, -0.2) is 14.4 Å². The number of amides is 2. The van der Waals surface area contributed by atoms with Gasteiger partial charge in [-0.3, -0.25) is 9.59 Å². The van der Waals surface area contributed by atoms with E-state index in [2.05, 4.69) is 4.84 Å². The average Bonchev–Trinajstić information content (AvgIpc) is 2.87. The monoisotopic (exact) mass is 405 g/mol. The van der Waals surface area contributed by atoms with Crippen molar-refractivity contribution in [3.63, 3.8) is 0 Å². The normalized spacial score (nSPS) is 13.0. The van der Waals surface area contributed by atoms with Gasteiger partial charge in [0, 0.05) is 6.92 Å². The fraction of sp³-hybridized carbons (Fsp3) is 0.450. The topological polar surface area (TPSA) is 116 Å². The van der Waals surface area contributed by atoms with Crippen molar-refractivity contribution in [2.24, 2.45) is 11.8 Å². The molecule has 2 rings (SSSR count). The summed E-state index contributed by atoms with van der Waals surface area (Å²) in [6.07, 6.45) is 0. The Kier molecular flexibility index (Phi) is 6.73. The largest absolute Gasteiger partial charge is 0.462 e. The van der Waals surface area contributed by atoms with E-state index >= 15 is 0 Å². The smallest absolute Gasteiger partial charge is 0.339 e. The van der Waals surface area contributed by atoms with Crippen LogP contribution in [-0.2, 0) is 19.1 Å². The third-order valence-corrected chi connectivity index (χ3v) is 3.74. The predicted molar refractivity (Wildman–Crippen MR) is 98.9 cm³/mol. The third-order valence-electron chi connectivity index (χ3n) is 3.74. The zero-order valence-corrected chi connectivity index (χ0v) is 16.9. The Morgan fingerprint density at radius 3 is 1.52 bits per heavy atom. The Labute approximate surface area is 167 Å². The Bertz CT molecular complexity index is 808. The molecule has 1 heterocycles. The van der Waals surface area contributed by atoms with Crippen molar-refractivity contribution in [3.05, 3.63) is 34.4 Å². The highest BCUT2D eigenvalue weighted by molar-refractivity contribution is 6.22. The van der Waals surface area contributed by atoms with E-state index < -0.39 is 29.7 Å². The van der Waals surface area contributed by atoms with Crippen LogP contribution < -0.4 is 0 Å². The number of rotatable bonds is 7. The SMILES string of the molecule is CC(=O)ON1C(=O)c2cc(C(=O)OCC(C)C)c(C(=O)OCC(C)C)cc2C1=O. The number of ether oxygens (including phenoxy) is 2. The number of imide groups is 1. The van der Waals surface area contributed by atoms with Crippen molar-refractivity contribution in [1.82, 2.24) is 5.06 Å². The van der Waals surface area contributed by atoms with Gasteiger partial charge in [0.25, 0.3) is 11.8 Å². The summed E-state index contributed by atoms with van der Waals surface area (Å²) in [6, 6.07) is 2.18. The van der Waals surface area contributed by atoms with Crippen LogP contribution in [-0.4, -0.2) is 48.0 Å². The molecule has 1 aliphatic rings. The number of hydroxylamine groups is 2. The molecule has 1 aromatic carbocycles. The van der Waals surface area contributed by atoms with E-state index in [0.29, 0.717) is 5.06 Å². The predicted octanol–water partition coefficient (Wildman–Crippen LogP) is 2.39. The molecule has 0 aromatic heterocycles. The van der Waals surface area contributed by atoms with Gasteiger partial charge in [0.15, 0.2) is 0 Å². The first-order valence-corrected chi connectivity index (χ1v) is 9.12. The zero-order valence-electron chi connectivity index (χ0n) is 16.9. The summed E-state index contributed by atoms with van der Waals surface area (Å²) < 4.78 is 10.4. The number of hydrogen-bond donors (Lipinski definition) is 0. The van der Waals surface area contributed by atoms with E-state index in [4.69, 9.17) is 9.47 Å². The van der Waals surface area contributed by atoms with Crippen LogP contribution >= 0.6 is 0 Å². The lowest BCUT2D eigenvalue weighted by molar-refractivity contribution is -0.165. The highest BCUT2D eigenvalue weighted by Gasteiger charge is 2.41. The second-order valence-electron chi connectivity index (χ2n) is 7.42. The fourth-order valence-corrected chi connectivity index (χ4v) is 2.45. The molecule has 156 valence electrons. The van der Waals surface area contributed by atoms with Crippen molar-refractivity contribution >= 4 is 29.7 Å². The number of carbonyl (C=O) groups excluding carboxylic acids is 5. The molecule has 0 spiro atoms. The molecule has 29 heavy (non-hydrogen) atoms. The van der Waals surface area contributed by atoms with Crippen LogP contribution in [0.1, 0.15) is 76.1 Å². The summed E-state index contributed by atoms with van der Waals surface area (Å²) in [5, 5.41) is 0.291. The molecule has 2 amide bonds. The van der Waals surface area contributed by atoms with Crippen LogP contribution in [0.5, 0.6) is 0 Å². The molecule has 0 unspecified atom stereocenters. The molecule has 0 N–H and O–H groups in total. The molecule has 0 radical (unpaired) electrons. The lowest BCUT2D eigenvalue weighted by Gasteiger charge is -2.13. The maximum Gasteiger partial charge on any atom is 0.339 e. The molecule has 0 fully saturated rings. The van der Waals surface area contributed by atoms with Gasteiger partial charge in [-0.15, -0.1) is 0 Å². The summed E-state index contributed by atoms with van der Waals surface area (Å²) in [5.41, 5.74) is -0.755. The Morgan fingerprint density at radius 1 is 0.828 bits per heavy atom. The maximum atomic E-state index is 12.5. The average molecular weight is 405 g/mol. The van der Waals surface area contributed by atoms with Crippen LogP contribution in [0.25, 0.3) is 0 Å². The van der Waals surface area contributed by atoms with Crippen molar-refractivity contribution in [2.45, 2.75) is 34.6 Å². The number of benzene rings is 1. The quantitative estimate of drug-likeness (QED) is 0.501. The Balaban J connectivity index is 2.49. The van der Waals surface area contributed by atoms with Crippen LogP contribution in [0.4, 0.5) is 0 Å². The standard InChI is InChI=1S/C20H23NO8/c1-10(2)8-27-19(25)15-6-13-14(7-16(15)20(26)28-9-11(3)4)18(24)21(17(13)23)29-12(5)22/h6-7,10-11H,8-9H2,1-5H3. The minimum Gasteiger partial charge on any atom is -0.462 e. The van der Waals surface area contributed by atoms with E-state index in [9.17, 15) is 24.0 Å². The maximum absolute atomic E-state index is 12.5. The number of nitrogens with zero attached hydrogens (tertiary/aromatic N) is 1. The molecule has 0 saturated carbocycles. The van der Waals surface area contributed by atoms with Crippen molar-refractivity contribution in [2.75, 3.05) is 13.2 Å². The molecule has 0 atom stereocenters. The number of hydrogen-bond acceptors (Lipinski definition) is 8. The highest BCUT2D eigenvalue weighted by Crippen LogP contribution is 2.28. The van der Waals surface area contributed by atoms with Crippen LogP contribution in [0.2, 0.25) is 0 Å². The molecule has 0 bridgehead atoms. The second kappa shape index (κ2) is 8.85. The van der Waals surface area contributed by atoms with Crippen LogP contribution in [0.3, 0.4) is 0 Å². The Hall–Kier alpha value is -3.23. The van der Waals surface area contributed by atoms with Gasteiger partial charge in [-0.2, -0.15) is 0 Å². The molecule has 1 aliphatic heterocycles. The van der Waals surface area contributed by atoms with E-state index in [1.54, 1.807) is 0 Å². The molecule has 0 saturated heterocycles. The third kappa shape index (κ3) is 4.98. The summed E-state index contributed by atoms with van der Waals surface area (Å²) >= 11 is 0. The minimum atomic E-state index is -0.916. The van der Waals surface area contributed by atoms with Gasteiger partial charge >= 0.3 is 17.9 Å². The Morgan fingerprint density at radius 2 is 1.21 bits per heavy atom. The first kappa shape index (κ1) is 22.1. The van der Waals surface area contributed by atoms with E-state index in [1.165, 1.54) is 0 Å². The molecular formula is C20H23NO8. The molecule has 9 heteroatoms. The van der Waals surface area contributed by atoms with Gasteiger partial charge in [0.1, 0.15) is 0 Å². The first-order valence-electron chi connectivity index (χ1n) is 9.12. The number of esters is 2. The van der Waals surface area contributed by atoms with E-state index in [1.807, 2.05) is 27.7 Å². The number of fused-ring (bicyclic) bond motifs is 1. The molecule has 1 aromatic rings. The lowest BCUT2D eigenvalue weighted by atomic mass is 9.99. The molecular weight excluding hydrogens is 382 g/mol. The van der Waals surface area contributed by atoms with Crippen molar-refractivity contribution in [3.8, 4) is 0 Å².